The monoisotopic (exact) mass is 593 g/mol. The number of aliphatic imine (C=N–C) groups is 1. The average molecular weight is 594 g/mol. The van der Waals surface area contributed by atoms with Gasteiger partial charge in [-0.3, -0.25) is 24.2 Å². The number of guanidine groups is 1. The molecule has 0 spiro atoms. The van der Waals surface area contributed by atoms with Crippen LogP contribution in [0.4, 0.5) is 0 Å². The molecule has 0 radical (unpaired) electrons. The zero-order chi connectivity index (χ0) is 31.5. The van der Waals surface area contributed by atoms with Crippen molar-refractivity contribution in [3.8, 4) is 0 Å². The Bertz CT molecular complexity index is 1050. The molecule has 1 rings (SSSR count). The number of nitrogens with one attached hydrogen (secondary N) is 4. The maximum absolute atomic E-state index is 13.4. The Kier molecular flexibility index (Phi) is 16.8. The van der Waals surface area contributed by atoms with Gasteiger partial charge in [-0.2, -0.15) is 0 Å². The molecule has 0 saturated carbocycles. The Morgan fingerprint density at radius 1 is 0.833 bits per heavy atom. The summed E-state index contributed by atoms with van der Waals surface area (Å²) >= 11 is 0. The summed E-state index contributed by atoms with van der Waals surface area (Å²) in [6, 6.07) is 4.25. The quantitative estimate of drug-likeness (QED) is 0.0400. The molecule has 16 nitrogen and oxygen atoms in total. The second kappa shape index (κ2) is 19.7. The number of carboxylic acids is 1. The normalized spacial score (nSPS) is 13.5. The Labute approximate surface area is 244 Å². The highest BCUT2D eigenvalue weighted by atomic mass is 16.4. The molecule has 16 heteroatoms. The molecule has 0 aliphatic carbocycles. The molecule has 0 aliphatic heterocycles. The summed E-state index contributed by atoms with van der Waals surface area (Å²) in [5, 5.41) is 27.7. The molecular formula is C26H43N9O7. The number of carboxylic acid groups (broad SMARTS) is 1. The van der Waals surface area contributed by atoms with Crippen LogP contribution < -0.4 is 44.2 Å². The maximum atomic E-state index is 13.4. The largest absolute Gasteiger partial charge is 0.480 e. The van der Waals surface area contributed by atoms with Gasteiger partial charge in [-0.05, 0) is 37.8 Å². The van der Waals surface area contributed by atoms with E-state index in [2.05, 4.69) is 26.3 Å². The Morgan fingerprint density at radius 3 is 2.10 bits per heavy atom. The number of benzene rings is 1. The first kappa shape index (κ1) is 35.7. The second-order valence-corrected chi connectivity index (χ2v) is 9.51. The van der Waals surface area contributed by atoms with Crippen LogP contribution in [0.15, 0.2) is 35.3 Å². The predicted octanol–water partition coefficient (Wildman–Crippen LogP) is -3.61. The van der Waals surface area contributed by atoms with Crippen LogP contribution in [0.2, 0.25) is 0 Å². The molecule has 4 amide bonds. The third-order valence-electron chi connectivity index (χ3n) is 6.04. The second-order valence-electron chi connectivity index (χ2n) is 9.51. The zero-order valence-corrected chi connectivity index (χ0v) is 23.5. The minimum Gasteiger partial charge on any atom is -0.480 e. The number of aliphatic hydroxyl groups excluding tert-OH is 1. The smallest absolute Gasteiger partial charge is 0.328 e. The van der Waals surface area contributed by atoms with Gasteiger partial charge in [0.15, 0.2) is 5.96 Å². The molecule has 1 aromatic carbocycles. The number of unbranched alkanes of at least 4 members (excludes halogenated alkanes) is 1. The van der Waals surface area contributed by atoms with Crippen LogP contribution in [0.25, 0.3) is 0 Å². The molecule has 234 valence electrons. The van der Waals surface area contributed by atoms with Crippen LogP contribution in [0.3, 0.4) is 0 Å². The lowest BCUT2D eigenvalue weighted by molar-refractivity contribution is -0.142. The van der Waals surface area contributed by atoms with Crippen molar-refractivity contribution in [3.63, 3.8) is 0 Å². The molecule has 0 aliphatic rings. The van der Waals surface area contributed by atoms with Crippen LogP contribution >= 0.6 is 0 Å². The van der Waals surface area contributed by atoms with Gasteiger partial charge in [-0.15, -0.1) is 0 Å². The molecule has 14 N–H and O–H groups in total. The molecule has 0 unspecified atom stereocenters. The minimum atomic E-state index is -1.55. The van der Waals surface area contributed by atoms with Crippen molar-refractivity contribution in [2.24, 2.45) is 27.9 Å². The lowest BCUT2D eigenvalue weighted by atomic mass is 10.0. The molecule has 0 heterocycles. The molecular weight excluding hydrogens is 550 g/mol. The standard InChI is InChI=1S/C26H43N9O7/c27-11-5-4-9-17(28)22(38)35-19(13-16-7-2-1-3-8-16)24(40)34-18(10-6-12-31-26(29)30)23(39)32-14-21(37)33-20(15-36)25(41)42/h1-3,7-8,17-20,36H,4-6,9-15,27-28H2,(H,32,39)(H,33,37)(H,34,40)(H,35,38)(H,41,42)(H4,29,30,31)/t17-,18-,19-,20-/m0/s1. The predicted molar refractivity (Wildman–Crippen MR) is 154 cm³/mol. The van der Waals surface area contributed by atoms with Gasteiger partial charge in [0.2, 0.25) is 23.6 Å². The van der Waals surface area contributed by atoms with Gasteiger partial charge in [-0.1, -0.05) is 36.8 Å². The number of rotatable bonds is 20. The third-order valence-corrected chi connectivity index (χ3v) is 6.04. The maximum Gasteiger partial charge on any atom is 0.328 e. The van der Waals surface area contributed by atoms with Gasteiger partial charge < -0.3 is 54.4 Å². The van der Waals surface area contributed by atoms with E-state index in [1.165, 1.54) is 0 Å². The van der Waals surface area contributed by atoms with Crippen LogP contribution in [0, 0.1) is 0 Å². The third kappa shape index (κ3) is 14.4. The molecule has 0 fully saturated rings. The Morgan fingerprint density at radius 2 is 1.50 bits per heavy atom. The molecule has 0 saturated heterocycles. The summed E-state index contributed by atoms with van der Waals surface area (Å²) < 4.78 is 0. The van der Waals surface area contributed by atoms with Crippen molar-refractivity contribution >= 4 is 35.6 Å². The first-order valence-electron chi connectivity index (χ1n) is 13.5. The van der Waals surface area contributed by atoms with E-state index >= 15 is 0 Å². The lowest BCUT2D eigenvalue weighted by Crippen LogP contribution is -2.57. The number of hydrogen-bond donors (Lipinski definition) is 10. The summed E-state index contributed by atoms with van der Waals surface area (Å²) in [7, 11) is 0. The van der Waals surface area contributed by atoms with Crippen LogP contribution in [-0.2, 0) is 30.4 Å². The highest BCUT2D eigenvalue weighted by molar-refractivity contribution is 5.94. The average Bonchev–Trinajstić information content (AvgIpc) is 2.95. The molecule has 1 aromatic rings. The fraction of sp³-hybridized carbons (Fsp3) is 0.538. The zero-order valence-electron chi connectivity index (χ0n) is 23.5. The van der Waals surface area contributed by atoms with Crippen molar-refractivity contribution in [3.05, 3.63) is 35.9 Å². The van der Waals surface area contributed by atoms with Crippen molar-refractivity contribution in [1.29, 1.82) is 0 Å². The summed E-state index contributed by atoms with van der Waals surface area (Å²) in [5.41, 5.74) is 22.9. The Hall–Kier alpha value is -4.28. The fourth-order valence-electron chi connectivity index (χ4n) is 3.74. The van der Waals surface area contributed by atoms with Gasteiger partial charge in [0.1, 0.15) is 18.1 Å². The molecule has 42 heavy (non-hydrogen) atoms. The van der Waals surface area contributed by atoms with Crippen LogP contribution in [0.1, 0.15) is 37.7 Å². The lowest BCUT2D eigenvalue weighted by Gasteiger charge is -2.24. The van der Waals surface area contributed by atoms with Crippen molar-refractivity contribution in [2.75, 3.05) is 26.2 Å². The van der Waals surface area contributed by atoms with Gasteiger partial charge in [-0.25, -0.2) is 4.79 Å². The van der Waals surface area contributed by atoms with E-state index in [1.54, 1.807) is 30.3 Å². The molecule has 4 atom stereocenters. The van der Waals surface area contributed by atoms with E-state index in [0.717, 1.165) is 5.56 Å². The SMILES string of the molecule is NCCCC[C@H](N)C(=O)N[C@@H](Cc1ccccc1)C(=O)N[C@@H](CCCN=C(N)N)C(=O)NCC(=O)N[C@@H](CO)C(=O)O. The highest BCUT2D eigenvalue weighted by Gasteiger charge is 2.29. The van der Waals surface area contributed by atoms with Gasteiger partial charge >= 0.3 is 5.97 Å². The van der Waals surface area contributed by atoms with E-state index in [-0.39, 0.29) is 31.8 Å². The highest BCUT2D eigenvalue weighted by Crippen LogP contribution is 2.07. The van der Waals surface area contributed by atoms with Crippen molar-refractivity contribution in [2.45, 2.75) is 62.7 Å². The number of nitrogens with zero attached hydrogens (tertiary/aromatic N) is 1. The molecule has 0 aromatic heterocycles. The number of carbonyl (C=O) groups excluding carboxylic acids is 4. The first-order valence-corrected chi connectivity index (χ1v) is 13.5. The van der Waals surface area contributed by atoms with Gasteiger partial charge in [0, 0.05) is 13.0 Å². The number of hydrogen-bond acceptors (Lipinski definition) is 9. The Balaban J connectivity index is 3.03. The van der Waals surface area contributed by atoms with E-state index in [9.17, 15) is 24.0 Å². The summed E-state index contributed by atoms with van der Waals surface area (Å²) in [6.45, 7) is -0.848. The summed E-state index contributed by atoms with van der Waals surface area (Å²) in [5.74, 6) is -4.42. The number of aliphatic hydroxyl groups is 1. The first-order chi connectivity index (χ1) is 20.0. The van der Waals surface area contributed by atoms with Crippen molar-refractivity contribution in [1.82, 2.24) is 21.3 Å². The van der Waals surface area contributed by atoms with Gasteiger partial charge in [0.05, 0.1) is 19.2 Å². The number of amides is 4. The van der Waals surface area contributed by atoms with E-state index in [0.29, 0.717) is 25.8 Å². The van der Waals surface area contributed by atoms with Gasteiger partial charge in [0.25, 0.3) is 0 Å². The van der Waals surface area contributed by atoms with E-state index in [4.69, 9.17) is 33.1 Å². The van der Waals surface area contributed by atoms with Crippen LogP contribution in [0.5, 0.6) is 0 Å². The number of nitrogens with two attached hydrogens (primary N) is 4. The topological polar surface area (TPSA) is 290 Å². The van der Waals surface area contributed by atoms with Crippen molar-refractivity contribution < 1.29 is 34.2 Å². The number of aliphatic carboxylic acids is 1. The molecule has 0 bridgehead atoms. The van der Waals surface area contributed by atoms with E-state index in [1.807, 2.05) is 0 Å². The van der Waals surface area contributed by atoms with E-state index < -0.39 is 66.9 Å². The fourth-order valence-corrected chi connectivity index (χ4v) is 3.74. The summed E-state index contributed by atoms with van der Waals surface area (Å²) in [4.78, 5) is 66.2. The number of carbonyl (C=O) groups is 5. The van der Waals surface area contributed by atoms with Crippen LogP contribution in [-0.4, -0.2) is 96.2 Å². The summed E-state index contributed by atoms with van der Waals surface area (Å²) in [6.07, 6.45) is 2.15. The minimum absolute atomic E-state index is 0.0645.